The molecule has 0 amide bonds. The van der Waals surface area contributed by atoms with Crippen molar-refractivity contribution in [3.05, 3.63) is 35.4 Å². The van der Waals surface area contributed by atoms with E-state index >= 15 is 0 Å². The maximum absolute atomic E-state index is 8.99. The number of aliphatic hydroxyl groups is 1. The Hall–Kier alpha value is -0.860. The molecule has 0 heterocycles. The number of rotatable bonds is 6. The second kappa shape index (κ2) is 6.35. The summed E-state index contributed by atoms with van der Waals surface area (Å²) in [5.41, 5.74) is 2.85. The summed E-state index contributed by atoms with van der Waals surface area (Å²) in [6.07, 6.45) is 4.46. The van der Waals surface area contributed by atoms with Crippen LogP contribution < -0.4 is 5.32 Å². The number of aryl methyl sites for hydroxylation is 1. The molecule has 18 heavy (non-hydrogen) atoms. The Labute approximate surface area is 110 Å². The first-order chi connectivity index (χ1) is 8.72. The zero-order chi connectivity index (χ0) is 13.0. The summed E-state index contributed by atoms with van der Waals surface area (Å²) in [7, 11) is 0. The van der Waals surface area contributed by atoms with E-state index in [1.54, 1.807) is 0 Å². The Morgan fingerprint density at radius 3 is 2.78 bits per heavy atom. The standard InChI is InChI=1S/C16H25NO/c1-3-15(7-8-18)17-16-10-14(11-16)13-6-4-5-12(2)9-13/h4-6,9,14-18H,3,7-8,10-11H2,1-2H3. The second-order valence-electron chi connectivity index (χ2n) is 5.56. The molecule has 0 radical (unpaired) electrons. The molecule has 0 bridgehead atoms. The molecule has 1 atom stereocenters. The Bertz CT molecular complexity index is 371. The maximum atomic E-state index is 8.99. The van der Waals surface area contributed by atoms with Crippen LogP contribution in [-0.2, 0) is 0 Å². The number of hydrogen-bond acceptors (Lipinski definition) is 2. The fourth-order valence-electron chi connectivity index (χ4n) is 2.84. The highest BCUT2D eigenvalue weighted by molar-refractivity contribution is 5.27. The predicted octanol–water partition coefficient (Wildman–Crippen LogP) is 2.99. The summed E-state index contributed by atoms with van der Waals surface area (Å²) >= 11 is 0. The minimum absolute atomic E-state index is 0.291. The van der Waals surface area contributed by atoms with Gasteiger partial charge < -0.3 is 10.4 Å². The van der Waals surface area contributed by atoms with E-state index in [9.17, 15) is 0 Å². The van der Waals surface area contributed by atoms with Gasteiger partial charge in [0.05, 0.1) is 0 Å². The summed E-state index contributed by atoms with van der Waals surface area (Å²) < 4.78 is 0. The van der Waals surface area contributed by atoms with Gasteiger partial charge in [0.2, 0.25) is 0 Å². The zero-order valence-electron chi connectivity index (χ0n) is 11.5. The molecule has 0 saturated heterocycles. The maximum Gasteiger partial charge on any atom is 0.0445 e. The fraction of sp³-hybridized carbons (Fsp3) is 0.625. The molecule has 2 nitrogen and oxygen atoms in total. The van der Waals surface area contributed by atoms with Crippen molar-refractivity contribution in [2.75, 3.05) is 6.61 Å². The van der Waals surface area contributed by atoms with Gasteiger partial charge in [-0.15, -0.1) is 0 Å². The first-order valence-corrected chi connectivity index (χ1v) is 7.16. The first kappa shape index (κ1) is 13.6. The molecular formula is C16H25NO. The molecule has 2 N–H and O–H groups in total. The minimum Gasteiger partial charge on any atom is -0.396 e. The molecule has 1 fully saturated rings. The fourth-order valence-corrected chi connectivity index (χ4v) is 2.84. The van der Waals surface area contributed by atoms with Crippen molar-refractivity contribution in [2.24, 2.45) is 0 Å². The molecule has 1 aliphatic rings. The first-order valence-electron chi connectivity index (χ1n) is 7.16. The lowest BCUT2D eigenvalue weighted by atomic mass is 9.75. The van der Waals surface area contributed by atoms with E-state index in [1.807, 2.05) is 0 Å². The molecule has 0 aromatic heterocycles. The summed E-state index contributed by atoms with van der Waals surface area (Å²) in [4.78, 5) is 0. The third-order valence-electron chi connectivity index (χ3n) is 4.09. The summed E-state index contributed by atoms with van der Waals surface area (Å²) in [5, 5.41) is 12.7. The van der Waals surface area contributed by atoms with Gasteiger partial charge in [-0.05, 0) is 44.1 Å². The van der Waals surface area contributed by atoms with Crippen LogP contribution in [0.25, 0.3) is 0 Å². The molecule has 2 heteroatoms. The largest absolute Gasteiger partial charge is 0.396 e. The topological polar surface area (TPSA) is 32.3 Å². The lowest BCUT2D eigenvalue weighted by Gasteiger charge is -2.38. The van der Waals surface area contributed by atoms with Gasteiger partial charge in [-0.1, -0.05) is 36.8 Å². The van der Waals surface area contributed by atoms with Crippen LogP contribution in [0.15, 0.2) is 24.3 Å². The molecular weight excluding hydrogens is 222 g/mol. The number of hydrogen-bond donors (Lipinski definition) is 2. The van der Waals surface area contributed by atoms with Gasteiger partial charge in [0.1, 0.15) is 0 Å². The molecule has 1 aromatic carbocycles. The highest BCUT2D eigenvalue weighted by atomic mass is 16.3. The number of benzene rings is 1. The van der Waals surface area contributed by atoms with Crippen molar-refractivity contribution >= 4 is 0 Å². The smallest absolute Gasteiger partial charge is 0.0445 e. The average Bonchev–Trinajstić information content (AvgIpc) is 2.31. The van der Waals surface area contributed by atoms with E-state index in [2.05, 4.69) is 43.4 Å². The normalized spacial score (nSPS) is 24.6. The Morgan fingerprint density at radius 2 is 2.17 bits per heavy atom. The highest BCUT2D eigenvalue weighted by Gasteiger charge is 2.31. The van der Waals surface area contributed by atoms with Crippen molar-refractivity contribution in [3.63, 3.8) is 0 Å². The molecule has 0 spiro atoms. The quantitative estimate of drug-likeness (QED) is 0.810. The van der Waals surface area contributed by atoms with Gasteiger partial charge in [-0.3, -0.25) is 0 Å². The van der Waals surface area contributed by atoms with E-state index in [-0.39, 0.29) is 0 Å². The lowest BCUT2D eigenvalue weighted by Crippen LogP contribution is -2.45. The SMILES string of the molecule is CCC(CCO)NC1CC(c2cccc(C)c2)C1. The average molecular weight is 247 g/mol. The van der Waals surface area contributed by atoms with Gasteiger partial charge in [0, 0.05) is 18.7 Å². The number of aliphatic hydroxyl groups excluding tert-OH is 1. The predicted molar refractivity (Wildman–Crippen MR) is 75.9 cm³/mol. The summed E-state index contributed by atoms with van der Waals surface area (Å²) in [5.74, 6) is 0.731. The highest BCUT2D eigenvalue weighted by Crippen LogP contribution is 2.37. The molecule has 2 rings (SSSR count). The van der Waals surface area contributed by atoms with E-state index in [0.717, 1.165) is 18.8 Å². The van der Waals surface area contributed by atoms with Crippen LogP contribution in [0.2, 0.25) is 0 Å². The second-order valence-corrected chi connectivity index (χ2v) is 5.56. The van der Waals surface area contributed by atoms with Crippen LogP contribution >= 0.6 is 0 Å². The molecule has 1 aromatic rings. The van der Waals surface area contributed by atoms with Crippen molar-refractivity contribution in [2.45, 2.75) is 57.5 Å². The third-order valence-corrected chi connectivity index (χ3v) is 4.09. The van der Waals surface area contributed by atoms with E-state index in [4.69, 9.17) is 5.11 Å². The van der Waals surface area contributed by atoms with Crippen molar-refractivity contribution in [1.82, 2.24) is 5.32 Å². The van der Waals surface area contributed by atoms with Crippen LogP contribution in [0, 0.1) is 6.92 Å². The van der Waals surface area contributed by atoms with Crippen LogP contribution in [-0.4, -0.2) is 23.8 Å². The molecule has 1 aliphatic carbocycles. The van der Waals surface area contributed by atoms with Gasteiger partial charge in [-0.25, -0.2) is 0 Å². The van der Waals surface area contributed by atoms with Crippen molar-refractivity contribution < 1.29 is 5.11 Å². The molecule has 100 valence electrons. The lowest BCUT2D eigenvalue weighted by molar-refractivity contribution is 0.221. The monoisotopic (exact) mass is 247 g/mol. The minimum atomic E-state index is 0.291. The molecule has 1 saturated carbocycles. The van der Waals surface area contributed by atoms with Crippen LogP contribution in [0.5, 0.6) is 0 Å². The van der Waals surface area contributed by atoms with E-state index < -0.39 is 0 Å². The summed E-state index contributed by atoms with van der Waals surface area (Å²) in [6, 6.07) is 10.0. The van der Waals surface area contributed by atoms with Gasteiger partial charge >= 0.3 is 0 Å². The third kappa shape index (κ3) is 3.33. The van der Waals surface area contributed by atoms with E-state index in [0.29, 0.717) is 18.7 Å². The van der Waals surface area contributed by atoms with E-state index in [1.165, 1.54) is 24.0 Å². The Balaban J connectivity index is 1.80. The summed E-state index contributed by atoms with van der Waals surface area (Å²) in [6.45, 7) is 4.63. The van der Waals surface area contributed by atoms with Crippen molar-refractivity contribution in [3.8, 4) is 0 Å². The van der Waals surface area contributed by atoms with Crippen molar-refractivity contribution in [1.29, 1.82) is 0 Å². The Morgan fingerprint density at radius 1 is 1.39 bits per heavy atom. The van der Waals surface area contributed by atoms with Gasteiger partial charge in [0.15, 0.2) is 0 Å². The molecule has 0 aliphatic heterocycles. The number of nitrogens with one attached hydrogen (secondary N) is 1. The Kier molecular flexibility index (Phi) is 4.79. The van der Waals surface area contributed by atoms with Gasteiger partial charge in [0.25, 0.3) is 0 Å². The molecule has 1 unspecified atom stereocenters. The van der Waals surface area contributed by atoms with Crippen LogP contribution in [0.3, 0.4) is 0 Å². The van der Waals surface area contributed by atoms with Crippen LogP contribution in [0.1, 0.15) is 49.7 Å². The van der Waals surface area contributed by atoms with Crippen LogP contribution in [0.4, 0.5) is 0 Å². The van der Waals surface area contributed by atoms with Gasteiger partial charge in [-0.2, -0.15) is 0 Å². The zero-order valence-corrected chi connectivity index (χ0v) is 11.5.